The molecule has 0 fully saturated rings. The van der Waals surface area contributed by atoms with Gasteiger partial charge >= 0.3 is 5.97 Å². The highest BCUT2D eigenvalue weighted by Crippen LogP contribution is 2.28. The lowest BCUT2D eigenvalue weighted by atomic mass is 10.0. The van der Waals surface area contributed by atoms with Crippen LogP contribution in [0.1, 0.15) is 31.1 Å². The maximum absolute atomic E-state index is 12.5. The molecular weight excluding hydrogens is 334 g/mol. The molecule has 0 radical (unpaired) electrons. The summed E-state index contributed by atoms with van der Waals surface area (Å²) in [4.78, 5) is 24.6. The number of nitrogens with zero attached hydrogens (tertiary/aromatic N) is 1. The number of carboxylic acid groups (broad SMARTS) is 1. The van der Waals surface area contributed by atoms with E-state index in [2.05, 4.69) is 15.9 Å². The highest BCUT2D eigenvalue weighted by atomic mass is 79.9. The van der Waals surface area contributed by atoms with Crippen molar-refractivity contribution in [1.82, 2.24) is 4.90 Å². The lowest BCUT2D eigenvalue weighted by molar-refractivity contribution is -0.138. The predicted molar refractivity (Wildman–Crippen MR) is 77.6 cm³/mol. The van der Waals surface area contributed by atoms with E-state index in [1.165, 1.54) is 4.90 Å². The molecular formula is C13H15BrClNO3. The summed E-state index contributed by atoms with van der Waals surface area (Å²) in [6.07, 6.45) is 0. The van der Waals surface area contributed by atoms with Gasteiger partial charge in [0, 0.05) is 10.0 Å². The second kappa shape index (κ2) is 5.92. The van der Waals surface area contributed by atoms with E-state index in [0.717, 1.165) is 0 Å². The van der Waals surface area contributed by atoms with Crippen molar-refractivity contribution < 1.29 is 14.7 Å². The first-order chi connectivity index (χ1) is 8.64. The van der Waals surface area contributed by atoms with Crippen LogP contribution in [0.3, 0.4) is 0 Å². The summed E-state index contributed by atoms with van der Waals surface area (Å²) in [6.45, 7) is 4.96. The van der Waals surface area contributed by atoms with Gasteiger partial charge in [-0.3, -0.25) is 9.59 Å². The number of aliphatic carboxylic acids is 1. The summed E-state index contributed by atoms with van der Waals surface area (Å²) in [5, 5.41) is 9.22. The Kier molecular flexibility index (Phi) is 4.98. The van der Waals surface area contributed by atoms with Crippen LogP contribution < -0.4 is 0 Å². The van der Waals surface area contributed by atoms with Gasteiger partial charge in [0.25, 0.3) is 5.91 Å². The molecule has 1 N–H and O–H groups in total. The molecule has 0 aromatic heterocycles. The number of carbonyl (C=O) groups excluding carboxylic acids is 1. The van der Waals surface area contributed by atoms with E-state index in [0.29, 0.717) is 4.47 Å². The number of carboxylic acids is 1. The van der Waals surface area contributed by atoms with Gasteiger partial charge in [0.2, 0.25) is 0 Å². The molecule has 19 heavy (non-hydrogen) atoms. The standard InChI is InChI=1S/C13H15BrClNO3/c1-13(2,3)16(7-10(17)18)12(19)8-5-4-6-9(14)11(8)15/h4-6H,7H2,1-3H3,(H,17,18). The number of hydrogen-bond donors (Lipinski definition) is 1. The summed E-state index contributed by atoms with van der Waals surface area (Å²) in [7, 11) is 0. The summed E-state index contributed by atoms with van der Waals surface area (Å²) in [5.74, 6) is -1.46. The van der Waals surface area contributed by atoms with E-state index < -0.39 is 17.4 Å². The average molecular weight is 349 g/mol. The Labute approximate surface area is 125 Å². The van der Waals surface area contributed by atoms with Crippen LogP contribution in [-0.4, -0.2) is 34.0 Å². The molecule has 0 aliphatic rings. The number of amides is 1. The first kappa shape index (κ1) is 16.0. The molecule has 1 amide bonds. The molecule has 1 rings (SSSR count). The molecule has 1 aromatic carbocycles. The van der Waals surface area contributed by atoms with Gasteiger partial charge in [0.05, 0.1) is 10.6 Å². The van der Waals surface area contributed by atoms with Crippen molar-refractivity contribution in [1.29, 1.82) is 0 Å². The van der Waals surface area contributed by atoms with Crippen molar-refractivity contribution in [3.8, 4) is 0 Å². The van der Waals surface area contributed by atoms with E-state index in [9.17, 15) is 9.59 Å². The van der Waals surface area contributed by atoms with Gasteiger partial charge in [0.15, 0.2) is 0 Å². The zero-order chi connectivity index (χ0) is 14.8. The Bertz CT molecular complexity index is 511. The molecule has 0 heterocycles. The van der Waals surface area contributed by atoms with Crippen molar-refractivity contribution >= 4 is 39.4 Å². The van der Waals surface area contributed by atoms with Gasteiger partial charge < -0.3 is 10.0 Å². The van der Waals surface area contributed by atoms with Crippen LogP contribution >= 0.6 is 27.5 Å². The topological polar surface area (TPSA) is 57.6 Å². The SMILES string of the molecule is CC(C)(C)N(CC(=O)O)C(=O)c1cccc(Br)c1Cl. The molecule has 0 aliphatic heterocycles. The number of carbonyl (C=O) groups is 2. The molecule has 0 spiro atoms. The third-order valence-corrected chi connectivity index (χ3v) is 3.83. The normalized spacial score (nSPS) is 11.2. The number of hydrogen-bond acceptors (Lipinski definition) is 2. The number of halogens is 2. The average Bonchev–Trinajstić information content (AvgIpc) is 2.27. The first-order valence-electron chi connectivity index (χ1n) is 5.62. The lowest BCUT2D eigenvalue weighted by Crippen LogP contribution is -2.48. The fraction of sp³-hybridized carbons (Fsp3) is 0.385. The van der Waals surface area contributed by atoms with E-state index in [4.69, 9.17) is 16.7 Å². The van der Waals surface area contributed by atoms with Crippen LogP contribution in [0.25, 0.3) is 0 Å². The predicted octanol–water partition coefficient (Wildman–Crippen LogP) is 3.43. The Morgan fingerprint density at radius 3 is 2.42 bits per heavy atom. The minimum absolute atomic E-state index is 0.284. The van der Waals surface area contributed by atoms with Gasteiger partial charge in [-0.15, -0.1) is 0 Å². The second-order valence-electron chi connectivity index (χ2n) is 5.06. The van der Waals surface area contributed by atoms with Crippen LogP contribution in [0.5, 0.6) is 0 Å². The van der Waals surface area contributed by atoms with Gasteiger partial charge in [0.1, 0.15) is 6.54 Å². The zero-order valence-electron chi connectivity index (χ0n) is 10.9. The highest BCUT2D eigenvalue weighted by Gasteiger charge is 2.30. The van der Waals surface area contributed by atoms with Crippen LogP contribution in [0.4, 0.5) is 0 Å². The van der Waals surface area contributed by atoms with Crippen molar-refractivity contribution in [2.24, 2.45) is 0 Å². The monoisotopic (exact) mass is 347 g/mol. The van der Waals surface area contributed by atoms with E-state index in [1.54, 1.807) is 39.0 Å². The van der Waals surface area contributed by atoms with Gasteiger partial charge in [-0.25, -0.2) is 0 Å². The van der Waals surface area contributed by atoms with E-state index in [-0.39, 0.29) is 17.1 Å². The number of benzene rings is 1. The van der Waals surface area contributed by atoms with Crippen LogP contribution in [0.15, 0.2) is 22.7 Å². The smallest absolute Gasteiger partial charge is 0.323 e. The largest absolute Gasteiger partial charge is 0.480 e. The van der Waals surface area contributed by atoms with Gasteiger partial charge in [-0.1, -0.05) is 17.7 Å². The fourth-order valence-corrected chi connectivity index (χ4v) is 2.14. The van der Waals surface area contributed by atoms with Crippen molar-refractivity contribution in [3.63, 3.8) is 0 Å². The minimum atomic E-state index is -1.06. The van der Waals surface area contributed by atoms with E-state index in [1.807, 2.05) is 0 Å². The zero-order valence-corrected chi connectivity index (χ0v) is 13.2. The molecule has 0 atom stereocenters. The second-order valence-corrected chi connectivity index (χ2v) is 6.29. The molecule has 104 valence electrons. The lowest BCUT2D eigenvalue weighted by Gasteiger charge is -2.34. The van der Waals surface area contributed by atoms with Gasteiger partial charge in [-0.05, 0) is 48.8 Å². The molecule has 0 saturated carbocycles. The Hall–Kier alpha value is -1.07. The summed E-state index contributed by atoms with van der Waals surface area (Å²) in [6, 6.07) is 4.98. The van der Waals surface area contributed by atoms with Crippen LogP contribution in [0.2, 0.25) is 5.02 Å². The van der Waals surface area contributed by atoms with Crippen LogP contribution in [0, 0.1) is 0 Å². The third-order valence-electron chi connectivity index (χ3n) is 2.53. The highest BCUT2D eigenvalue weighted by molar-refractivity contribution is 9.10. The third kappa shape index (κ3) is 3.94. The van der Waals surface area contributed by atoms with Crippen molar-refractivity contribution in [2.75, 3.05) is 6.54 Å². The fourth-order valence-electron chi connectivity index (χ4n) is 1.56. The summed E-state index contributed by atoms with van der Waals surface area (Å²) < 4.78 is 0.601. The Balaban J connectivity index is 3.20. The number of rotatable bonds is 3. The molecule has 0 bridgehead atoms. The summed E-state index contributed by atoms with van der Waals surface area (Å²) in [5.41, 5.74) is -0.326. The molecule has 0 unspecified atom stereocenters. The Morgan fingerprint density at radius 2 is 1.95 bits per heavy atom. The quantitative estimate of drug-likeness (QED) is 0.910. The van der Waals surface area contributed by atoms with Crippen molar-refractivity contribution in [2.45, 2.75) is 26.3 Å². The Morgan fingerprint density at radius 1 is 1.37 bits per heavy atom. The first-order valence-corrected chi connectivity index (χ1v) is 6.79. The minimum Gasteiger partial charge on any atom is -0.480 e. The van der Waals surface area contributed by atoms with Crippen molar-refractivity contribution in [3.05, 3.63) is 33.3 Å². The maximum atomic E-state index is 12.5. The van der Waals surface area contributed by atoms with Crippen LogP contribution in [-0.2, 0) is 4.79 Å². The van der Waals surface area contributed by atoms with Gasteiger partial charge in [-0.2, -0.15) is 0 Å². The molecule has 4 nitrogen and oxygen atoms in total. The summed E-state index contributed by atoms with van der Waals surface area (Å²) >= 11 is 9.32. The molecule has 6 heteroatoms. The molecule has 1 aromatic rings. The maximum Gasteiger partial charge on any atom is 0.323 e. The van der Waals surface area contributed by atoms with E-state index >= 15 is 0 Å². The molecule has 0 aliphatic carbocycles. The molecule has 0 saturated heterocycles.